The predicted octanol–water partition coefficient (Wildman–Crippen LogP) is 2.22. The Kier molecular flexibility index (Phi) is 4.24. The number of nitrogens with zero attached hydrogens (tertiary/aromatic N) is 1. The number of hydrazine groups is 1. The number of furan rings is 1. The van der Waals surface area contributed by atoms with Crippen LogP contribution >= 0.6 is 23.4 Å². The van der Waals surface area contributed by atoms with Crippen molar-refractivity contribution in [2.24, 2.45) is 5.84 Å². The Morgan fingerprint density at radius 3 is 3.00 bits per heavy atom. The van der Waals surface area contributed by atoms with Gasteiger partial charge in [-0.3, -0.25) is 10.2 Å². The maximum Gasteiger partial charge on any atom is 0.301 e. The molecule has 7 heteroatoms. The molecule has 5 nitrogen and oxygen atoms in total. The molecule has 2 aromatic rings. The number of nitrogens with one attached hydrogen (secondary N) is 1. The monoisotopic (exact) mass is 283 g/mol. The number of rotatable bonds is 4. The smallest absolute Gasteiger partial charge is 0.301 e. The first kappa shape index (κ1) is 12.9. The number of carbonyl (C=O) groups excluding carboxylic acids is 1. The lowest BCUT2D eigenvalue weighted by molar-refractivity contribution is 0.0925. The Hall–Kier alpha value is -1.50. The lowest BCUT2D eigenvalue weighted by Crippen LogP contribution is -2.30. The van der Waals surface area contributed by atoms with Crippen molar-refractivity contribution < 1.29 is 9.21 Å². The van der Waals surface area contributed by atoms with Crippen molar-refractivity contribution in [1.82, 2.24) is 10.4 Å². The number of hydrogen-bond acceptors (Lipinski definition) is 5. The summed E-state index contributed by atoms with van der Waals surface area (Å²) in [6.45, 7) is 0. The second-order valence-corrected chi connectivity index (χ2v) is 4.78. The number of pyridine rings is 1. The molecular formula is C11H10ClN3O2S. The highest BCUT2D eigenvalue weighted by atomic mass is 35.5. The van der Waals surface area contributed by atoms with Crippen LogP contribution in [0, 0.1) is 0 Å². The van der Waals surface area contributed by atoms with E-state index in [1.807, 2.05) is 11.5 Å². The molecule has 18 heavy (non-hydrogen) atoms. The van der Waals surface area contributed by atoms with Crippen LogP contribution in [0.1, 0.15) is 16.1 Å². The minimum absolute atomic E-state index is 0.221. The summed E-state index contributed by atoms with van der Waals surface area (Å²) in [6, 6.07) is 5.31. The van der Waals surface area contributed by atoms with Crippen molar-refractivity contribution in [2.75, 3.05) is 0 Å². The molecule has 2 aromatic heterocycles. The van der Waals surface area contributed by atoms with Gasteiger partial charge in [0, 0.05) is 17.5 Å². The highest BCUT2D eigenvalue weighted by molar-refractivity contribution is 7.98. The van der Waals surface area contributed by atoms with Crippen molar-refractivity contribution in [3.63, 3.8) is 0 Å². The third kappa shape index (κ3) is 3.04. The molecule has 0 saturated carbocycles. The third-order valence-corrected chi connectivity index (χ3v) is 3.38. The zero-order valence-corrected chi connectivity index (χ0v) is 10.8. The van der Waals surface area contributed by atoms with E-state index in [0.717, 1.165) is 10.6 Å². The van der Waals surface area contributed by atoms with Crippen molar-refractivity contribution in [2.45, 2.75) is 10.8 Å². The van der Waals surface area contributed by atoms with Gasteiger partial charge in [-0.05, 0) is 18.2 Å². The fraction of sp³-hybridized carbons (Fsp3) is 0.0909. The van der Waals surface area contributed by atoms with Gasteiger partial charge < -0.3 is 4.42 Å². The van der Waals surface area contributed by atoms with Gasteiger partial charge in [-0.2, -0.15) is 0 Å². The Morgan fingerprint density at radius 1 is 1.50 bits per heavy atom. The number of aromatic nitrogens is 1. The molecule has 3 N–H and O–H groups in total. The first-order chi connectivity index (χ1) is 8.70. The number of nitrogen functional groups attached to an aromatic ring is 1. The molecule has 0 unspecified atom stereocenters. The van der Waals surface area contributed by atoms with E-state index in [2.05, 4.69) is 4.98 Å². The molecule has 0 saturated heterocycles. The molecule has 0 aliphatic carbocycles. The van der Waals surface area contributed by atoms with E-state index in [9.17, 15) is 4.79 Å². The average Bonchev–Trinajstić information content (AvgIpc) is 2.85. The van der Waals surface area contributed by atoms with Crippen molar-refractivity contribution in [3.8, 4) is 0 Å². The molecule has 0 aliphatic rings. The number of halogens is 1. The van der Waals surface area contributed by atoms with E-state index < -0.39 is 5.91 Å². The maximum atomic E-state index is 11.4. The SMILES string of the molecule is NNC(=O)c1occc1CSc1ccc(Cl)cn1. The minimum atomic E-state index is -0.445. The Balaban J connectivity index is 2.04. The summed E-state index contributed by atoms with van der Waals surface area (Å²) >= 11 is 7.22. The van der Waals surface area contributed by atoms with Gasteiger partial charge in [-0.15, -0.1) is 11.8 Å². The fourth-order valence-corrected chi connectivity index (χ4v) is 2.25. The highest BCUT2D eigenvalue weighted by Gasteiger charge is 2.14. The largest absolute Gasteiger partial charge is 0.459 e. The second-order valence-electron chi connectivity index (χ2n) is 3.35. The lowest BCUT2D eigenvalue weighted by atomic mass is 10.3. The Morgan fingerprint density at radius 2 is 2.33 bits per heavy atom. The van der Waals surface area contributed by atoms with Crippen molar-refractivity contribution in [1.29, 1.82) is 0 Å². The predicted molar refractivity (Wildman–Crippen MR) is 69.2 cm³/mol. The summed E-state index contributed by atoms with van der Waals surface area (Å²) in [5, 5.41) is 1.41. The highest BCUT2D eigenvalue weighted by Crippen LogP contribution is 2.24. The molecule has 0 aliphatic heterocycles. The van der Waals surface area contributed by atoms with Crippen LogP contribution in [-0.4, -0.2) is 10.9 Å². The first-order valence-corrected chi connectivity index (χ1v) is 6.38. The van der Waals surface area contributed by atoms with Crippen LogP contribution in [0.4, 0.5) is 0 Å². The molecule has 0 radical (unpaired) electrons. The normalized spacial score (nSPS) is 10.3. The van der Waals surface area contributed by atoms with E-state index in [0.29, 0.717) is 10.8 Å². The van der Waals surface area contributed by atoms with Crippen LogP contribution in [-0.2, 0) is 5.75 Å². The summed E-state index contributed by atoms with van der Waals surface area (Å²) in [5.41, 5.74) is 2.80. The Bertz CT molecular complexity index is 541. The van der Waals surface area contributed by atoms with Crippen LogP contribution in [0.2, 0.25) is 5.02 Å². The molecule has 0 bridgehead atoms. The first-order valence-electron chi connectivity index (χ1n) is 5.02. The summed E-state index contributed by atoms with van der Waals surface area (Å²) in [6.07, 6.45) is 3.03. The summed E-state index contributed by atoms with van der Waals surface area (Å²) in [5.74, 6) is 5.40. The van der Waals surface area contributed by atoms with E-state index in [-0.39, 0.29) is 5.76 Å². The van der Waals surface area contributed by atoms with Gasteiger partial charge in [0.1, 0.15) is 0 Å². The molecule has 2 rings (SSSR count). The van der Waals surface area contributed by atoms with E-state index in [1.165, 1.54) is 18.0 Å². The molecule has 1 amide bonds. The zero-order chi connectivity index (χ0) is 13.0. The lowest BCUT2D eigenvalue weighted by Gasteiger charge is -2.01. The van der Waals surface area contributed by atoms with E-state index in [4.69, 9.17) is 21.9 Å². The van der Waals surface area contributed by atoms with Gasteiger partial charge in [0.2, 0.25) is 0 Å². The molecule has 0 spiro atoms. The quantitative estimate of drug-likeness (QED) is 0.389. The maximum absolute atomic E-state index is 11.4. The number of hydrogen-bond donors (Lipinski definition) is 2. The molecule has 0 fully saturated rings. The van der Waals surface area contributed by atoms with Gasteiger partial charge in [-0.25, -0.2) is 10.8 Å². The number of nitrogens with two attached hydrogens (primary N) is 1. The molecule has 0 aromatic carbocycles. The van der Waals surface area contributed by atoms with Gasteiger partial charge in [-0.1, -0.05) is 11.6 Å². The number of amides is 1. The van der Waals surface area contributed by atoms with Crippen LogP contribution in [0.25, 0.3) is 0 Å². The zero-order valence-electron chi connectivity index (χ0n) is 9.22. The van der Waals surface area contributed by atoms with Crippen LogP contribution in [0.5, 0.6) is 0 Å². The van der Waals surface area contributed by atoms with Gasteiger partial charge in [0.15, 0.2) is 5.76 Å². The van der Waals surface area contributed by atoms with Crippen LogP contribution in [0.15, 0.2) is 40.1 Å². The minimum Gasteiger partial charge on any atom is -0.459 e. The fourth-order valence-electron chi connectivity index (χ4n) is 1.31. The van der Waals surface area contributed by atoms with Crippen molar-refractivity contribution in [3.05, 3.63) is 47.0 Å². The van der Waals surface area contributed by atoms with Gasteiger partial charge in [0.25, 0.3) is 0 Å². The molecule has 94 valence electrons. The van der Waals surface area contributed by atoms with Crippen molar-refractivity contribution >= 4 is 29.3 Å². The summed E-state index contributed by atoms with van der Waals surface area (Å²) < 4.78 is 5.08. The third-order valence-electron chi connectivity index (χ3n) is 2.16. The van der Waals surface area contributed by atoms with Crippen LogP contribution < -0.4 is 11.3 Å². The standard InChI is InChI=1S/C11H10ClN3O2S/c12-8-1-2-9(14-5-8)18-6-7-3-4-17-10(7)11(16)15-13/h1-5H,6,13H2,(H,15,16). The molecule has 0 atom stereocenters. The number of thioether (sulfide) groups is 1. The van der Waals surface area contributed by atoms with E-state index >= 15 is 0 Å². The summed E-state index contributed by atoms with van der Waals surface area (Å²) in [7, 11) is 0. The van der Waals surface area contributed by atoms with Gasteiger partial charge >= 0.3 is 5.91 Å². The Labute approximate surface area is 113 Å². The second kappa shape index (κ2) is 5.90. The molecule has 2 heterocycles. The van der Waals surface area contributed by atoms with Crippen LogP contribution in [0.3, 0.4) is 0 Å². The van der Waals surface area contributed by atoms with E-state index in [1.54, 1.807) is 18.3 Å². The molecular weight excluding hydrogens is 274 g/mol. The van der Waals surface area contributed by atoms with Gasteiger partial charge in [0.05, 0.1) is 16.3 Å². The number of carbonyl (C=O) groups is 1. The topological polar surface area (TPSA) is 81.1 Å². The average molecular weight is 284 g/mol. The summed E-state index contributed by atoms with van der Waals surface area (Å²) in [4.78, 5) is 15.5.